The second-order valence-electron chi connectivity index (χ2n) is 5.53. The average molecular weight is 355 g/mol. The Morgan fingerprint density at radius 1 is 1.08 bits per heavy atom. The van der Waals surface area contributed by atoms with Gasteiger partial charge in [0.2, 0.25) is 0 Å². The minimum absolute atomic E-state index is 0.807. The Morgan fingerprint density at radius 3 is 2.75 bits per heavy atom. The first-order valence-electron chi connectivity index (χ1n) is 7.82. The number of guanidine groups is 1. The molecular weight excluding hydrogens is 338 g/mol. The molecule has 0 aliphatic carbocycles. The molecule has 5 nitrogen and oxygen atoms in total. The lowest BCUT2D eigenvalue weighted by Gasteiger charge is -2.13. The highest BCUT2D eigenvalue weighted by atomic mass is 32.1. The number of benzene rings is 1. The van der Waals surface area contributed by atoms with Gasteiger partial charge in [-0.25, -0.2) is 9.97 Å². The van der Waals surface area contributed by atoms with Gasteiger partial charge in [0.1, 0.15) is 16.4 Å². The van der Waals surface area contributed by atoms with Crippen LogP contribution in [0.2, 0.25) is 0 Å². The minimum Gasteiger partial charge on any atom is -0.356 e. The lowest BCUT2D eigenvalue weighted by Crippen LogP contribution is -2.35. The van der Waals surface area contributed by atoms with Crippen molar-refractivity contribution >= 4 is 33.8 Å². The van der Waals surface area contributed by atoms with Gasteiger partial charge in [-0.05, 0) is 18.9 Å². The van der Waals surface area contributed by atoms with Gasteiger partial charge in [0.25, 0.3) is 0 Å². The van der Waals surface area contributed by atoms with Gasteiger partial charge in [0.15, 0.2) is 11.1 Å². The molecule has 0 saturated heterocycles. The Morgan fingerprint density at radius 2 is 1.92 bits per heavy atom. The minimum atomic E-state index is 0.807. The Bertz CT molecular complexity index is 881. The molecule has 0 unspecified atom stereocenters. The van der Waals surface area contributed by atoms with Gasteiger partial charge in [-0.3, -0.25) is 4.99 Å². The molecular formula is C17H17N5S2. The fourth-order valence-electron chi connectivity index (χ4n) is 2.49. The van der Waals surface area contributed by atoms with Crippen LogP contribution in [-0.4, -0.2) is 29.0 Å². The maximum absolute atomic E-state index is 4.76. The van der Waals surface area contributed by atoms with Crippen LogP contribution in [0.3, 0.4) is 0 Å². The van der Waals surface area contributed by atoms with Crippen LogP contribution in [0.15, 0.2) is 40.0 Å². The van der Waals surface area contributed by atoms with E-state index in [1.807, 2.05) is 17.5 Å². The van der Waals surface area contributed by atoms with Gasteiger partial charge >= 0.3 is 0 Å². The van der Waals surface area contributed by atoms with Crippen LogP contribution in [-0.2, 0) is 0 Å². The third-order valence-electron chi connectivity index (χ3n) is 3.77. The van der Waals surface area contributed by atoms with E-state index in [4.69, 9.17) is 4.98 Å². The number of hydrogen-bond acceptors (Lipinski definition) is 7. The molecule has 24 heavy (non-hydrogen) atoms. The molecule has 0 radical (unpaired) electrons. The zero-order valence-corrected chi connectivity index (χ0v) is 14.9. The molecule has 122 valence electrons. The smallest absolute Gasteiger partial charge is 0.197 e. The van der Waals surface area contributed by atoms with Gasteiger partial charge in [0.05, 0.1) is 0 Å². The number of thiazole rings is 2. The zero-order valence-electron chi connectivity index (χ0n) is 13.2. The molecule has 1 aliphatic rings. The summed E-state index contributed by atoms with van der Waals surface area (Å²) < 4.78 is 0. The third kappa shape index (κ3) is 3.18. The molecule has 2 N–H and O–H groups in total. The number of aromatic nitrogens is 2. The molecule has 1 aliphatic heterocycles. The van der Waals surface area contributed by atoms with Gasteiger partial charge in [0, 0.05) is 29.4 Å². The Labute approximate surface area is 148 Å². The number of aliphatic imine (C=N–C) groups is 1. The summed E-state index contributed by atoms with van der Waals surface area (Å²) in [7, 11) is 0. The SMILES string of the molecule is Cc1ccccc1-c1nc(-c2csc(NC3=NCCCN3)n2)cs1. The Balaban J connectivity index is 1.55. The van der Waals surface area contributed by atoms with E-state index in [9.17, 15) is 0 Å². The summed E-state index contributed by atoms with van der Waals surface area (Å²) >= 11 is 3.22. The first kappa shape index (κ1) is 15.3. The average Bonchev–Trinajstić information content (AvgIpc) is 3.25. The summed E-state index contributed by atoms with van der Waals surface area (Å²) in [5.41, 5.74) is 4.24. The topological polar surface area (TPSA) is 62.2 Å². The van der Waals surface area contributed by atoms with Crippen molar-refractivity contribution in [1.29, 1.82) is 0 Å². The molecule has 0 saturated carbocycles. The number of nitrogens with zero attached hydrogens (tertiary/aromatic N) is 3. The molecule has 0 spiro atoms. The standard InChI is InChI=1S/C17H17N5S2/c1-11-5-2-3-6-12(11)15-20-13(9-23-15)14-10-24-17(21-14)22-16-18-7-4-8-19-16/h2-3,5-6,9-10H,4,7-8H2,1H3,(H2,18,19,21,22). The zero-order chi connectivity index (χ0) is 16.4. The maximum atomic E-state index is 4.76. The van der Waals surface area contributed by atoms with Crippen molar-refractivity contribution in [2.75, 3.05) is 18.4 Å². The molecule has 0 fully saturated rings. The van der Waals surface area contributed by atoms with Gasteiger partial charge in [-0.1, -0.05) is 24.3 Å². The number of hydrogen-bond donors (Lipinski definition) is 2. The molecule has 0 bridgehead atoms. The molecule has 3 heterocycles. The third-order valence-corrected chi connectivity index (χ3v) is 5.40. The highest BCUT2D eigenvalue weighted by Gasteiger charge is 2.12. The quantitative estimate of drug-likeness (QED) is 0.745. The Hall–Kier alpha value is -2.25. The highest BCUT2D eigenvalue weighted by molar-refractivity contribution is 7.14. The highest BCUT2D eigenvalue weighted by Crippen LogP contribution is 2.31. The van der Waals surface area contributed by atoms with Crippen LogP contribution < -0.4 is 10.6 Å². The number of rotatable bonds is 3. The van der Waals surface area contributed by atoms with E-state index in [0.717, 1.165) is 47.0 Å². The molecule has 7 heteroatoms. The van der Waals surface area contributed by atoms with Crippen molar-refractivity contribution in [3.8, 4) is 22.0 Å². The van der Waals surface area contributed by atoms with E-state index >= 15 is 0 Å². The number of aryl methyl sites for hydroxylation is 1. The molecule has 2 aromatic heterocycles. The van der Waals surface area contributed by atoms with Crippen LogP contribution in [0.4, 0.5) is 5.13 Å². The molecule has 3 aromatic rings. The second kappa shape index (κ2) is 6.70. The molecule has 0 amide bonds. The van der Waals surface area contributed by atoms with Gasteiger partial charge < -0.3 is 10.6 Å². The maximum Gasteiger partial charge on any atom is 0.197 e. The molecule has 4 rings (SSSR count). The summed E-state index contributed by atoms with van der Waals surface area (Å²) in [5, 5.41) is 12.4. The van der Waals surface area contributed by atoms with E-state index in [1.165, 1.54) is 11.1 Å². The fraction of sp³-hybridized carbons (Fsp3) is 0.235. The van der Waals surface area contributed by atoms with Crippen LogP contribution in [0, 0.1) is 6.92 Å². The summed E-state index contributed by atoms with van der Waals surface area (Å²) in [6.07, 6.45) is 1.08. The first-order valence-corrected chi connectivity index (χ1v) is 9.58. The van der Waals surface area contributed by atoms with E-state index in [-0.39, 0.29) is 0 Å². The molecule has 0 atom stereocenters. The Kier molecular flexibility index (Phi) is 4.27. The number of anilines is 1. The first-order chi connectivity index (χ1) is 11.8. The van der Waals surface area contributed by atoms with Crippen molar-refractivity contribution < 1.29 is 0 Å². The van der Waals surface area contributed by atoms with Crippen molar-refractivity contribution in [2.45, 2.75) is 13.3 Å². The van der Waals surface area contributed by atoms with Gasteiger partial charge in [-0.2, -0.15) is 0 Å². The van der Waals surface area contributed by atoms with E-state index in [2.05, 4.69) is 45.0 Å². The lowest BCUT2D eigenvalue weighted by atomic mass is 10.1. The van der Waals surface area contributed by atoms with E-state index in [1.54, 1.807) is 22.7 Å². The normalized spacial score (nSPS) is 14.1. The fourth-order valence-corrected chi connectivity index (χ4v) is 4.10. The van der Waals surface area contributed by atoms with Gasteiger partial charge in [-0.15, -0.1) is 22.7 Å². The van der Waals surface area contributed by atoms with Crippen molar-refractivity contribution in [2.24, 2.45) is 4.99 Å². The summed E-state index contributed by atoms with van der Waals surface area (Å²) in [6.45, 7) is 3.93. The van der Waals surface area contributed by atoms with Crippen LogP contribution >= 0.6 is 22.7 Å². The largest absolute Gasteiger partial charge is 0.356 e. The predicted octanol–water partition coefficient (Wildman–Crippen LogP) is 4.00. The lowest BCUT2D eigenvalue weighted by molar-refractivity contribution is 0.740. The monoisotopic (exact) mass is 355 g/mol. The number of nitrogens with one attached hydrogen (secondary N) is 2. The second-order valence-corrected chi connectivity index (χ2v) is 7.24. The van der Waals surface area contributed by atoms with Crippen LogP contribution in [0.1, 0.15) is 12.0 Å². The van der Waals surface area contributed by atoms with Crippen LogP contribution in [0.5, 0.6) is 0 Å². The predicted molar refractivity (Wildman–Crippen MR) is 102 cm³/mol. The summed E-state index contributed by atoms with van der Waals surface area (Å²) in [6, 6.07) is 8.32. The summed E-state index contributed by atoms with van der Waals surface area (Å²) in [4.78, 5) is 13.8. The van der Waals surface area contributed by atoms with Crippen molar-refractivity contribution in [3.63, 3.8) is 0 Å². The van der Waals surface area contributed by atoms with E-state index < -0.39 is 0 Å². The van der Waals surface area contributed by atoms with Crippen LogP contribution in [0.25, 0.3) is 22.0 Å². The summed E-state index contributed by atoms with van der Waals surface area (Å²) in [5.74, 6) is 0.807. The van der Waals surface area contributed by atoms with Crippen molar-refractivity contribution in [1.82, 2.24) is 15.3 Å². The van der Waals surface area contributed by atoms with E-state index in [0.29, 0.717) is 0 Å². The van der Waals surface area contributed by atoms with Crippen molar-refractivity contribution in [3.05, 3.63) is 40.6 Å². The molecule has 1 aromatic carbocycles.